The van der Waals surface area contributed by atoms with E-state index >= 15 is 0 Å². The second-order valence-electron chi connectivity index (χ2n) is 7.47. The minimum atomic E-state index is -0.471. The Morgan fingerprint density at radius 2 is 1.51 bits per heavy atom. The van der Waals surface area contributed by atoms with Crippen molar-refractivity contribution in [3.8, 4) is 0 Å². The smallest absolute Gasteiger partial charge is 0.270 e. The van der Waals surface area contributed by atoms with Crippen LogP contribution in [-0.2, 0) is 0 Å². The molecule has 0 unspecified atom stereocenters. The second-order valence-corrected chi connectivity index (χ2v) is 9.62. The number of thiocarbonyl (C=S) groups is 1. The number of nitrogens with zero attached hydrogens (tertiary/aromatic N) is 6. The van der Waals surface area contributed by atoms with E-state index in [1.54, 1.807) is 64.4 Å². The predicted molar refractivity (Wildman–Crippen MR) is 148 cm³/mol. The third-order valence-corrected chi connectivity index (χ3v) is 6.88. The first kappa shape index (κ1) is 24.9. The maximum Gasteiger partial charge on any atom is 0.270 e. The maximum absolute atomic E-state index is 13.8. The van der Waals surface area contributed by atoms with Crippen LogP contribution in [0.2, 0.25) is 10.3 Å². The summed E-state index contributed by atoms with van der Waals surface area (Å²) >= 11 is 19.5. The van der Waals surface area contributed by atoms with E-state index in [1.165, 1.54) is 35.6 Å². The van der Waals surface area contributed by atoms with Gasteiger partial charge in [0, 0.05) is 12.1 Å². The molecule has 5 aromatic rings. The van der Waals surface area contributed by atoms with Gasteiger partial charge >= 0.3 is 0 Å². The average molecular weight is 571 g/mol. The molecule has 0 saturated heterocycles. The number of thiazole rings is 1. The number of halogens is 3. The van der Waals surface area contributed by atoms with Gasteiger partial charge < -0.3 is 0 Å². The number of nitro benzene ring substituents is 1. The summed E-state index contributed by atoms with van der Waals surface area (Å²) in [6.45, 7) is 0. The SMILES string of the molecule is O=[N+]([O-])c1ccc2nc(N(C(=S)N(c3ccc(F)cc3)c3cccc(Cl)n3)c3cccc(Cl)n3)sc2c1. The normalized spacial score (nSPS) is 10.9. The number of pyridine rings is 2. The molecule has 37 heavy (non-hydrogen) atoms. The first-order valence-electron chi connectivity index (χ1n) is 10.5. The fourth-order valence-corrected chi connectivity index (χ4v) is 5.23. The van der Waals surface area contributed by atoms with E-state index in [1.807, 2.05) is 0 Å². The van der Waals surface area contributed by atoms with Crippen LogP contribution in [0.4, 0.5) is 32.5 Å². The van der Waals surface area contributed by atoms with Gasteiger partial charge in [-0.2, -0.15) is 0 Å². The third-order valence-electron chi connectivity index (χ3n) is 5.09. The first-order valence-corrected chi connectivity index (χ1v) is 12.5. The van der Waals surface area contributed by atoms with Gasteiger partial charge in [0.25, 0.3) is 5.69 Å². The van der Waals surface area contributed by atoms with E-state index in [-0.39, 0.29) is 21.1 Å². The highest BCUT2D eigenvalue weighted by molar-refractivity contribution is 7.81. The summed E-state index contributed by atoms with van der Waals surface area (Å²) in [5, 5.41) is 12.3. The molecule has 2 aromatic carbocycles. The second kappa shape index (κ2) is 10.3. The molecule has 0 bridgehead atoms. The molecule has 0 saturated carbocycles. The van der Waals surface area contributed by atoms with Gasteiger partial charge in [0.1, 0.15) is 27.8 Å². The molecule has 3 aromatic heterocycles. The number of non-ortho nitro benzene ring substituents is 1. The Kier molecular flexibility index (Phi) is 6.94. The van der Waals surface area contributed by atoms with Crippen LogP contribution in [-0.4, -0.2) is 25.0 Å². The van der Waals surface area contributed by atoms with Gasteiger partial charge in [-0.1, -0.05) is 46.7 Å². The molecule has 0 atom stereocenters. The molecule has 13 heteroatoms. The molecule has 0 amide bonds. The number of fused-ring (bicyclic) bond motifs is 1. The number of rotatable bonds is 5. The van der Waals surface area contributed by atoms with Gasteiger partial charge in [-0.15, -0.1) is 0 Å². The lowest BCUT2D eigenvalue weighted by Crippen LogP contribution is -2.38. The lowest BCUT2D eigenvalue weighted by molar-refractivity contribution is -0.384. The van der Waals surface area contributed by atoms with Crippen LogP contribution in [0.15, 0.2) is 78.9 Å². The molecule has 0 radical (unpaired) electrons. The Morgan fingerprint density at radius 1 is 0.892 bits per heavy atom. The minimum Gasteiger partial charge on any atom is -0.271 e. The van der Waals surface area contributed by atoms with Crippen LogP contribution in [0, 0.1) is 15.9 Å². The summed E-state index contributed by atoms with van der Waals surface area (Å²) in [6, 6.07) is 20.1. The van der Waals surface area contributed by atoms with E-state index in [2.05, 4.69) is 15.0 Å². The van der Waals surface area contributed by atoms with Crippen molar-refractivity contribution < 1.29 is 9.31 Å². The largest absolute Gasteiger partial charge is 0.271 e. The van der Waals surface area contributed by atoms with Crippen molar-refractivity contribution in [1.29, 1.82) is 0 Å². The molecule has 184 valence electrons. The molecule has 0 fully saturated rings. The molecule has 0 N–H and O–H groups in total. The highest BCUT2D eigenvalue weighted by atomic mass is 35.5. The minimum absolute atomic E-state index is 0.0613. The highest BCUT2D eigenvalue weighted by Gasteiger charge is 2.28. The van der Waals surface area contributed by atoms with E-state index in [0.717, 1.165) is 0 Å². The van der Waals surface area contributed by atoms with E-state index in [0.29, 0.717) is 32.7 Å². The van der Waals surface area contributed by atoms with Gasteiger partial charge in [0.2, 0.25) is 0 Å². The Labute approximate surface area is 228 Å². The summed E-state index contributed by atoms with van der Waals surface area (Å²) in [6.07, 6.45) is 0. The van der Waals surface area contributed by atoms with E-state index in [4.69, 9.17) is 35.4 Å². The molecule has 0 aliphatic rings. The van der Waals surface area contributed by atoms with Crippen LogP contribution >= 0.6 is 46.8 Å². The fourth-order valence-electron chi connectivity index (χ4n) is 3.46. The zero-order chi connectivity index (χ0) is 26.1. The predicted octanol–water partition coefficient (Wildman–Crippen LogP) is 7.70. The van der Waals surface area contributed by atoms with Crippen molar-refractivity contribution in [2.24, 2.45) is 0 Å². The van der Waals surface area contributed by atoms with Gasteiger partial charge in [0.15, 0.2) is 10.2 Å². The molecule has 3 heterocycles. The monoisotopic (exact) mass is 570 g/mol. The van der Waals surface area contributed by atoms with Crippen molar-refractivity contribution in [1.82, 2.24) is 15.0 Å². The van der Waals surface area contributed by atoms with Gasteiger partial charge in [-0.05, 0) is 66.8 Å². The molecular formula is C24H13Cl2FN6O2S2. The van der Waals surface area contributed by atoms with Gasteiger partial charge in [0.05, 0.1) is 20.8 Å². The summed E-state index contributed by atoms with van der Waals surface area (Å²) < 4.78 is 14.4. The number of aromatic nitrogens is 3. The number of hydrogen-bond acceptors (Lipinski definition) is 7. The van der Waals surface area contributed by atoms with Crippen molar-refractivity contribution in [2.75, 3.05) is 9.80 Å². The Bertz CT molecular complexity index is 1650. The van der Waals surface area contributed by atoms with Crippen LogP contribution in [0.25, 0.3) is 10.2 Å². The van der Waals surface area contributed by atoms with Crippen molar-refractivity contribution in [3.05, 3.63) is 105 Å². The van der Waals surface area contributed by atoms with Crippen LogP contribution in [0.1, 0.15) is 0 Å². The summed E-state index contributed by atoms with van der Waals surface area (Å²) in [7, 11) is 0. The van der Waals surface area contributed by atoms with Crippen LogP contribution < -0.4 is 9.80 Å². The van der Waals surface area contributed by atoms with E-state index in [9.17, 15) is 14.5 Å². The maximum atomic E-state index is 13.8. The fraction of sp³-hybridized carbons (Fsp3) is 0. The van der Waals surface area contributed by atoms with Crippen molar-refractivity contribution in [2.45, 2.75) is 0 Å². The molecule has 0 spiro atoms. The zero-order valence-electron chi connectivity index (χ0n) is 18.5. The van der Waals surface area contributed by atoms with Gasteiger partial charge in [-0.3, -0.25) is 15.0 Å². The molecule has 0 aliphatic carbocycles. The van der Waals surface area contributed by atoms with Crippen molar-refractivity contribution >= 4 is 90.2 Å². The molecule has 8 nitrogen and oxygen atoms in total. The quantitative estimate of drug-likeness (QED) is 0.0918. The summed E-state index contributed by atoms with van der Waals surface area (Å²) in [5.74, 6) is 0.294. The molecular weight excluding hydrogens is 558 g/mol. The Morgan fingerprint density at radius 3 is 2.11 bits per heavy atom. The number of benzene rings is 2. The highest BCUT2D eigenvalue weighted by Crippen LogP contribution is 2.37. The van der Waals surface area contributed by atoms with Crippen LogP contribution in [0.3, 0.4) is 0 Å². The zero-order valence-corrected chi connectivity index (χ0v) is 21.6. The molecule has 5 rings (SSSR count). The number of anilines is 4. The van der Waals surface area contributed by atoms with Gasteiger partial charge in [-0.25, -0.2) is 24.2 Å². The number of hydrogen-bond donors (Lipinski definition) is 0. The number of nitro groups is 1. The Balaban J connectivity index is 1.70. The lowest BCUT2D eigenvalue weighted by atomic mass is 10.2. The standard InChI is InChI=1S/C24H13Cl2FN6O2S2/c25-19-3-1-5-21(29-19)31(15-9-7-14(27)8-10-15)24(36)32(22-6-2-4-20(26)30-22)23-28-17-12-11-16(33(34)35)13-18(17)37-23/h1-13H. The average Bonchev–Trinajstić information content (AvgIpc) is 3.28. The summed E-state index contributed by atoms with van der Waals surface area (Å²) in [5.41, 5.74) is 0.980. The Hall–Kier alpha value is -3.77. The van der Waals surface area contributed by atoms with Crippen LogP contribution in [0.5, 0.6) is 0 Å². The molecule has 0 aliphatic heterocycles. The third kappa shape index (κ3) is 5.20. The van der Waals surface area contributed by atoms with Crippen molar-refractivity contribution in [3.63, 3.8) is 0 Å². The topological polar surface area (TPSA) is 88.3 Å². The summed E-state index contributed by atoms with van der Waals surface area (Å²) in [4.78, 5) is 27.5. The van der Waals surface area contributed by atoms with E-state index < -0.39 is 10.7 Å². The lowest BCUT2D eigenvalue weighted by Gasteiger charge is -2.31. The first-order chi connectivity index (χ1) is 17.8.